The Morgan fingerprint density at radius 3 is 2.94 bits per heavy atom. The molecule has 0 saturated carbocycles. The molecule has 2 bridgehead atoms. The van der Waals surface area contributed by atoms with E-state index in [4.69, 9.17) is 0 Å². The van der Waals surface area contributed by atoms with Crippen LogP contribution >= 0.6 is 0 Å². The summed E-state index contributed by atoms with van der Waals surface area (Å²) in [5.74, 6) is -1.21. The lowest BCUT2D eigenvalue weighted by molar-refractivity contribution is -0.138. The average molecular weight is 220 g/mol. The molecule has 1 aromatic rings. The lowest BCUT2D eigenvalue weighted by Crippen LogP contribution is -2.33. The molecule has 0 radical (unpaired) electrons. The minimum Gasteiger partial charge on any atom is -0.481 e. The molecule has 1 aliphatic heterocycles. The van der Waals surface area contributed by atoms with E-state index in [9.17, 15) is 9.90 Å². The molecule has 0 saturated heterocycles. The summed E-state index contributed by atoms with van der Waals surface area (Å²) in [6.45, 7) is 2.94. The van der Waals surface area contributed by atoms with E-state index in [1.165, 1.54) is 0 Å². The van der Waals surface area contributed by atoms with Crippen LogP contribution in [0.25, 0.3) is 0 Å². The standard InChI is InChI=1S/C12H16N2O2/c15-12(16)11-8-14-5-4-13-7-9-2-1-3-10(11)6-9/h1-3,6,11,13-14H,4-5,7-8H2,(H,15,16). The molecule has 1 aromatic carbocycles. The van der Waals surface area contributed by atoms with Gasteiger partial charge in [-0.15, -0.1) is 0 Å². The Bertz CT molecular complexity index is 379. The molecular weight excluding hydrogens is 204 g/mol. The van der Waals surface area contributed by atoms with Crippen molar-refractivity contribution in [3.63, 3.8) is 0 Å². The summed E-state index contributed by atoms with van der Waals surface area (Å²) in [4.78, 5) is 11.2. The van der Waals surface area contributed by atoms with Crippen LogP contribution in [-0.2, 0) is 11.3 Å². The SMILES string of the molecule is O=C(O)C1CNCCNCc2cccc1c2. The van der Waals surface area contributed by atoms with Crippen LogP contribution in [0.1, 0.15) is 17.0 Å². The highest BCUT2D eigenvalue weighted by Crippen LogP contribution is 2.17. The summed E-state index contributed by atoms with van der Waals surface area (Å²) in [5.41, 5.74) is 2.02. The molecule has 0 fully saturated rings. The monoisotopic (exact) mass is 220 g/mol. The predicted molar refractivity (Wildman–Crippen MR) is 61.4 cm³/mol. The van der Waals surface area contributed by atoms with Crippen molar-refractivity contribution in [2.75, 3.05) is 19.6 Å². The van der Waals surface area contributed by atoms with E-state index in [0.717, 1.165) is 30.8 Å². The molecule has 1 atom stereocenters. The van der Waals surface area contributed by atoms with E-state index >= 15 is 0 Å². The third kappa shape index (κ3) is 2.59. The third-order valence-electron chi connectivity index (χ3n) is 2.81. The summed E-state index contributed by atoms with van der Waals surface area (Å²) in [7, 11) is 0. The molecule has 1 heterocycles. The number of aliphatic carboxylic acids is 1. The van der Waals surface area contributed by atoms with Crippen molar-refractivity contribution in [2.45, 2.75) is 12.5 Å². The van der Waals surface area contributed by atoms with Gasteiger partial charge in [-0.1, -0.05) is 24.3 Å². The second-order valence-corrected chi connectivity index (χ2v) is 4.02. The van der Waals surface area contributed by atoms with Crippen molar-refractivity contribution in [3.05, 3.63) is 35.4 Å². The Labute approximate surface area is 94.7 Å². The molecule has 1 unspecified atom stereocenters. The molecule has 4 heteroatoms. The Balaban J connectivity index is 2.29. The minimum absolute atomic E-state index is 0.446. The van der Waals surface area contributed by atoms with Gasteiger partial charge in [0.05, 0.1) is 5.92 Å². The lowest BCUT2D eigenvalue weighted by atomic mass is 9.97. The largest absolute Gasteiger partial charge is 0.481 e. The predicted octanol–water partition coefficient (Wildman–Crippen LogP) is 0.548. The van der Waals surface area contributed by atoms with Gasteiger partial charge < -0.3 is 15.7 Å². The number of carboxylic acids is 1. The van der Waals surface area contributed by atoms with Crippen molar-refractivity contribution in [2.24, 2.45) is 0 Å². The second-order valence-electron chi connectivity index (χ2n) is 4.02. The fraction of sp³-hybridized carbons (Fsp3) is 0.417. The summed E-state index contributed by atoms with van der Waals surface area (Å²) >= 11 is 0. The molecule has 0 aliphatic carbocycles. The van der Waals surface area contributed by atoms with E-state index in [2.05, 4.69) is 10.6 Å². The van der Waals surface area contributed by atoms with Crippen molar-refractivity contribution >= 4 is 5.97 Å². The van der Waals surface area contributed by atoms with Gasteiger partial charge in [0, 0.05) is 26.2 Å². The molecule has 16 heavy (non-hydrogen) atoms. The fourth-order valence-electron chi connectivity index (χ4n) is 1.92. The molecule has 4 nitrogen and oxygen atoms in total. The Morgan fingerprint density at radius 1 is 1.31 bits per heavy atom. The van der Waals surface area contributed by atoms with Crippen molar-refractivity contribution in [3.8, 4) is 0 Å². The Hall–Kier alpha value is -1.39. The molecule has 1 aliphatic rings. The maximum atomic E-state index is 11.2. The number of carboxylic acid groups (broad SMARTS) is 1. The average Bonchev–Trinajstić information content (AvgIpc) is 2.27. The number of carbonyl (C=O) groups is 1. The zero-order chi connectivity index (χ0) is 11.4. The Kier molecular flexibility index (Phi) is 3.54. The zero-order valence-corrected chi connectivity index (χ0v) is 9.07. The van der Waals surface area contributed by atoms with Crippen LogP contribution in [0.4, 0.5) is 0 Å². The molecular formula is C12H16N2O2. The first kappa shape index (κ1) is 11.1. The first-order chi connectivity index (χ1) is 7.77. The first-order valence-electron chi connectivity index (χ1n) is 5.50. The van der Waals surface area contributed by atoms with Crippen LogP contribution in [0.5, 0.6) is 0 Å². The maximum absolute atomic E-state index is 11.2. The highest BCUT2D eigenvalue weighted by atomic mass is 16.4. The number of fused-ring (bicyclic) bond motifs is 2. The number of rotatable bonds is 1. The van der Waals surface area contributed by atoms with E-state index in [1.807, 2.05) is 24.3 Å². The fourth-order valence-corrected chi connectivity index (χ4v) is 1.92. The van der Waals surface area contributed by atoms with Crippen LogP contribution in [0.15, 0.2) is 24.3 Å². The lowest BCUT2D eigenvalue weighted by Gasteiger charge is -2.17. The summed E-state index contributed by atoms with van der Waals surface area (Å²) in [6, 6.07) is 7.79. The van der Waals surface area contributed by atoms with Gasteiger partial charge >= 0.3 is 5.97 Å². The Morgan fingerprint density at radius 2 is 2.12 bits per heavy atom. The molecule has 3 N–H and O–H groups in total. The van der Waals surface area contributed by atoms with Crippen LogP contribution < -0.4 is 10.6 Å². The molecule has 0 amide bonds. The van der Waals surface area contributed by atoms with Crippen LogP contribution in [0.3, 0.4) is 0 Å². The minimum atomic E-state index is -0.766. The second kappa shape index (κ2) is 5.09. The van der Waals surface area contributed by atoms with Gasteiger partial charge in [-0.25, -0.2) is 0 Å². The first-order valence-corrected chi connectivity index (χ1v) is 5.50. The summed E-state index contributed by atoms with van der Waals surface area (Å²) in [5, 5.41) is 15.6. The van der Waals surface area contributed by atoms with E-state index in [1.54, 1.807) is 0 Å². The summed E-state index contributed by atoms with van der Waals surface area (Å²) in [6.07, 6.45) is 0. The van der Waals surface area contributed by atoms with E-state index in [-0.39, 0.29) is 0 Å². The molecule has 0 aromatic heterocycles. The number of benzene rings is 1. The van der Waals surface area contributed by atoms with Gasteiger partial charge in [0.1, 0.15) is 0 Å². The van der Waals surface area contributed by atoms with Gasteiger partial charge in [0.15, 0.2) is 0 Å². The maximum Gasteiger partial charge on any atom is 0.312 e. The van der Waals surface area contributed by atoms with Gasteiger partial charge in [-0.3, -0.25) is 4.79 Å². The molecule has 2 rings (SSSR count). The van der Waals surface area contributed by atoms with Gasteiger partial charge in [0.2, 0.25) is 0 Å². The third-order valence-corrected chi connectivity index (χ3v) is 2.81. The molecule has 86 valence electrons. The quantitative estimate of drug-likeness (QED) is 0.646. The van der Waals surface area contributed by atoms with Gasteiger partial charge in [0.25, 0.3) is 0 Å². The van der Waals surface area contributed by atoms with Gasteiger partial charge in [-0.2, -0.15) is 0 Å². The van der Waals surface area contributed by atoms with Crippen molar-refractivity contribution < 1.29 is 9.90 Å². The molecule has 0 spiro atoms. The normalized spacial score (nSPS) is 21.4. The number of nitrogens with one attached hydrogen (secondary N) is 2. The highest BCUT2D eigenvalue weighted by Gasteiger charge is 2.19. The van der Waals surface area contributed by atoms with Crippen LogP contribution in [0, 0.1) is 0 Å². The number of hydrogen-bond acceptors (Lipinski definition) is 3. The van der Waals surface area contributed by atoms with E-state index < -0.39 is 11.9 Å². The van der Waals surface area contributed by atoms with Crippen LogP contribution in [0.2, 0.25) is 0 Å². The summed E-state index contributed by atoms with van der Waals surface area (Å²) < 4.78 is 0. The zero-order valence-electron chi connectivity index (χ0n) is 9.07. The topological polar surface area (TPSA) is 61.4 Å². The smallest absolute Gasteiger partial charge is 0.312 e. The highest BCUT2D eigenvalue weighted by molar-refractivity contribution is 5.76. The van der Waals surface area contributed by atoms with Crippen molar-refractivity contribution in [1.29, 1.82) is 0 Å². The van der Waals surface area contributed by atoms with Crippen molar-refractivity contribution in [1.82, 2.24) is 10.6 Å². The number of hydrogen-bond donors (Lipinski definition) is 3. The van der Waals surface area contributed by atoms with Crippen LogP contribution in [-0.4, -0.2) is 30.7 Å². The van der Waals surface area contributed by atoms with Gasteiger partial charge in [-0.05, 0) is 11.1 Å². The van der Waals surface area contributed by atoms with E-state index in [0.29, 0.717) is 6.54 Å².